The van der Waals surface area contributed by atoms with Crippen LogP contribution in [0.4, 0.5) is 0 Å². The predicted molar refractivity (Wildman–Crippen MR) is 100 cm³/mol. The van der Waals surface area contributed by atoms with Crippen LogP contribution in [0.1, 0.15) is 65.2 Å². The van der Waals surface area contributed by atoms with Crippen molar-refractivity contribution in [3.05, 3.63) is 36.5 Å². The largest absolute Gasteiger partial charge is 0.481 e. The van der Waals surface area contributed by atoms with E-state index >= 15 is 0 Å². The van der Waals surface area contributed by atoms with Crippen LogP contribution in [0.3, 0.4) is 0 Å². The van der Waals surface area contributed by atoms with Crippen LogP contribution in [0.5, 0.6) is 0 Å². The monoisotopic (exact) mass is 348 g/mol. The van der Waals surface area contributed by atoms with Gasteiger partial charge in [0.25, 0.3) is 0 Å². The third-order valence-electron chi connectivity index (χ3n) is 4.59. The normalized spacial score (nSPS) is 22.9. The summed E-state index contributed by atoms with van der Waals surface area (Å²) in [6, 6.07) is 0. The van der Waals surface area contributed by atoms with Gasteiger partial charge in [-0.2, -0.15) is 0 Å². The number of carbonyl (C=O) groups is 2. The maximum atomic E-state index is 12.0. The molecule has 0 heterocycles. The van der Waals surface area contributed by atoms with Crippen LogP contribution in [0.25, 0.3) is 0 Å². The molecule has 3 unspecified atom stereocenters. The lowest BCUT2D eigenvalue weighted by Gasteiger charge is -2.20. The molecule has 0 amide bonds. The van der Waals surface area contributed by atoms with E-state index in [-0.39, 0.29) is 24.0 Å². The average molecular weight is 348 g/mol. The van der Waals surface area contributed by atoms with E-state index in [1.807, 2.05) is 37.3 Å². The zero-order valence-corrected chi connectivity index (χ0v) is 15.5. The van der Waals surface area contributed by atoms with Gasteiger partial charge in [0.15, 0.2) is 5.78 Å². The van der Waals surface area contributed by atoms with E-state index in [4.69, 9.17) is 5.11 Å². The van der Waals surface area contributed by atoms with Crippen LogP contribution in [0.2, 0.25) is 0 Å². The standard InChI is InChI=1S/C21H32O4/c1-3-4-9-15-21(2,25)16-14-17-12-13-19(22)18(17)10-7-5-6-8-11-20(23)24/h5,7,12-14,16-18,25H,3-4,6,8-11,15H2,1-2H3,(H,23,24)/b7-5+,16-14+. The van der Waals surface area contributed by atoms with E-state index in [1.54, 1.807) is 6.08 Å². The zero-order chi connectivity index (χ0) is 18.7. The SMILES string of the molecule is CCCCCC(C)(O)/C=C/C1C=CC(=O)C1C/C=C/CCCC(=O)O. The van der Waals surface area contributed by atoms with E-state index < -0.39 is 11.6 Å². The Morgan fingerprint density at radius 3 is 2.72 bits per heavy atom. The molecule has 25 heavy (non-hydrogen) atoms. The van der Waals surface area contributed by atoms with E-state index in [2.05, 4.69) is 6.92 Å². The number of hydrogen-bond acceptors (Lipinski definition) is 3. The van der Waals surface area contributed by atoms with E-state index in [1.165, 1.54) is 0 Å². The third kappa shape index (κ3) is 8.82. The van der Waals surface area contributed by atoms with E-state index in [9.17, 15) is 14.7 Å². The van der Waals surface area contributed by atoms with Crippen molar-refractivity contribution in [2.45, 2.75) is 70.8 Å². The summed E-state index contributed by atoms with van der Waals surface area (Å²) in [6.45, 7) is 3.95. The van der Waals surface area contributed by atoms with Gasteiger partial charge in [0, 0.05) is 18.3 Å². The van der Waals surface area contributed by atoms with Gasteiger partial charge >= 0.3 is 5.97 Å². The molecule has 0 aromatic carbocycles. The lowest BCUT2D eigenvalue weighted by Crippen LogP contribution is -2.21. The van der Waals surface area contributed by atoms with Gasteiger partial charge in [-0.25, -0.2) is 0 Å². The second kappa shape index (κ2) is 11.0. The van der Waals surface area contributed by atoms with Crippen molar-refractivity contribution >= 4 is 11.8 Å². The minimum Gasteiger partial charge on any atom is -0.481 e. The maximum absolute atomic E-state index is 12.0. The van der Waals surface area contributed by atoms with Crippen molar-refractivity contribution in [1.29, 1.82) is 0 Å². The second-order valence-corrected chi connectivity index (χ2v) is 7.11. The zero-order valence-electron chi connectivity index (χ0n) is 15.5. The van der Waals surface area contributed by atoms with Gasteiger partial charge in [0.2, 0.25) is 0 Å². The topological polar surface area (TPSA) is 74.6 Å². The Balaban J connectivity index is 2.48. The van der Waals surface area contributed by atoms with Gasteiger partial charge in [-0.05, 0) is 38.7 Å². The van der Waals surface area contributed by atoms with Gasteiger partial charge < -0.3 is 10.2 Å². The fraction of sp³-hybridized carbons (Fsp3) is 0.619. The number of rotatable bonds is 12. The molecular formula is C21H32O4. The van der Waals surface area contributed by atoms with Gasteiger partial charge in [-0.15, -0.1) is 0 Å². The van der Waals surface area contributed by atoms with E-state index in [0.29, 0.717) is 19.3 Å². The number of ketones is 1. The summed E-state index contributed by atoms with van der Waals surface area (Å²) in [5.41, 5.74) is -0.828. The number of aliphatic carboxylic acids is 1. The molecule has 4 heteroatoms. The van der Waals surface area contributed by atoms with Gasteiger partial charge in [0.1, 0.15) is 0 Å². The van der Waals surface area contributed by atoms with Gasteiger partial charge in [0.05, 0.1) is 5.60 Å². The van der Waals surface area contributed by atoms with Crippen LogP contribution in [0.15, 0.2) is 36.5 Å². The number of hydrogen-bond donors (Lipinski definition) is 2. The molecule has 1 aliphatic rings. The molecule has 1 aliphatic carbocycles. The number of aliphatic hydroxyl groups is 1. The Morgan fingerprint density at radius 1 is 1.28 bits per heavy atom. The first-order chi connectivity index (χ1) is 11.9. The van der Waals surface area contributed by atoms with Crippen molar-refractivity contribution in [3.8, 4) is 0 Å². The highest BCUT2D eigenvalue weighted by molar-refractivity contribution is 5.95. The first-order valence-corrected chi connectivity index (χ1v) is 9.36. The van der Waals surface area contributed by atoms with Crippen LogP contribution in [-0.2, 0) is 9.59 Å². The van der Waals surface area contributed by atoms with Crippen molar-refractivity contribution in [2.24, 2.45) is 11.8 Å². The quantitative estimate of drug-likeness (QED) is 0.404. The molecule has 1 rings (SSSR count). The van der Waals surface area contributed by atoms with Crippen LogP contribution >= 0.6 is 0 Å². The lowest BCUT2D eigenvalue weighted by molar-refractivity contribution is -0.137. The summed E-state index contributed by atoms with van der Waals surface area (Å²) in [5, 5.41) is 19.0. The lowest BCUT2D eigenvalue weighted by atomic mass is 9.88. The summed E-state index contributed by atoms with van der Waals surface area (Å²) in [5.74, 6) is -0.748. The van der Waals surface area contributed by atoms with E-state index in [0.717, 1.165) is 25.7 Å². The first kappa shape index (κ1) is 21.4. The number of unbranched alkanes of at least 4 members (excludes halogenated alkanes) is 3. The Bertz CT molecular complexity index is 514. The highest BCUT2D eigenvalue weighted by atomic mass is 16.4. The Hall–Kier alpha value is -1.68. The minimum atomic E-state index is -0.828. The van der Waals surface area contributed by atoms with Crippen molar-refractivity contribution < 1.29 is 19.8 Å². The third-order valence-corrected chi connectivity index (χ3v) is 4.59. The van der Waals surface area contributed by atoms with Crippen LogP contribution in [-0.4, -0.2) is 27.6 Å². The molecule has 0 saturated carbocycles. The molecule has 0 aromatic heterocycles. The summed E-state index contributed by atoms with van der Waals surface area (Å²) in [7, 11) is 0. The molecule has 3 atom stereocenters. The average Bonchev–Trinajstić information content (AvgIpc) is 2.89. The van der Waals surface area contributed by atoms with Crippen LogP contribution < -0.4 is 0 Å². The van der Waals surface area contributed by atoms with Crippen LogP contribution in [0, 0.1) is 11.8 Å². The molecule has 0 radical (unpaired) electrons. The van der Waals surface area contributed by atoms with Crippen molar-refractivity contribution in [2.75, 3.05) is 0 Å². The summed E-state index contributed by atoms with van der Waals surface area (Å²) in [6.07, 6.45) is 17.4. The molecule has 0 spiro atoms. The Labute approximate surface area is 151 Å². The molecule has 0 aliphatic heterocycles. The number of carboxylic acids is 1. The molecule has 140 valence electrons. The first-order valence-electron chi connectivity index (χ1n) is 9.36. The minimum absolute atomic E-state index is 0.0221. The molecule has 0 bridgehead atoms. The smallest absolute Gasteiger partial charge is 0.303 e. The summed E-state index contributed by atoms with van der Waals surface area (Å²) >= 11 is 0. The van der Waals surface area contributed by atoms with Gasteiger partial charge in [-0.1, -0.05) is 56.6 Å². The fourth-order valence-electron chi connectivity index (χ4n) is 2.99. The molecule has 2 N–H and O–H groups in total. The molecule has 4 nitrogen and oxygen atoms in total. The maximum Gasteiger partial charge on any atom is 0.303 e. The van der Waals surface area contributed by atoms with Crippen molar-refractivity contribution in [3.63, 3.8) is 0 Å². The number of carbonyl (C=O) groups excluding carboxylic acids is 1. The number of allylic oxidation sites excluding steroid dienone is 5. The van der Waals surface area contributed by atoms with Gasteiger partial charge in [-0.3, -0.25) is 9.59 Å². The molecule has 0 fully saturated rings. The fourth-order valence-corrected chi connectivity index (χ4v) is 2.99. The predicted octanol–water partition coefficient (Wildman–Crippen LogP) is 4.45. The highest BCUT2D eigenvalue weighted by Crippen LogP contribution is 2.28. The Morgan fingerprint density at radius 2 is 2.04 bits per heavy atom. The molecule has 0 saturated heterocycles. The number of carboxylic acid groups (broad SMARTS) is 1. The summed E-state index contributed by atoms with van der Waals surface area (Å²) < 4.78 is 0. The second-order valence-electron chi connectivity index (χ2n) is 7.11. The summed E-state index contributed by atoms with van der Waals surface area (Å²) in [4.78, 5) is 22.5. The highest BCUT2D eigenvalue weighted by Gasteiger charge is 2.28. The van der Waals surface area contributed by atoms with Crippen molar-refractivity contribution in [1.82, 2.24) is 0 Å². The molecular weight excluding hydrogens is 316 g/mol. The molecule has 0 aromatic rings. The Kier molecular flexibility index (Phi) is 9.43.